The van der Waals surface area contributed by atoms with E-state index in [1.165, 1.54) is 31.6 Å². The van der Waals surface area contributed by atoms with Gasteiger partial charge in [-0.15, -0.1) is 0 Å². The van der Waals surface area contributed by atoms with Crippen molar-refractivity contribution in [3.05, 3.63) is 47.9 Å². The number of hydrogen-bond donors (Lipinski definition) is 3. The van der Waals surface area contributed by atoms with Gasteiger partial charge in [0.05, 0.1) is 11.3 Å². The van der Waals surface area contributed by atoms with Crippen LogP contribution in [0.15, 0.2) is 41.6 Å². The summed E-state index contributed by atoms with van der Waals surface area (Å²) in [6.07, 6.45) is -0.689. The summed E-state index contributed by atoms with van der Waals surface area (Å²) in [6, 6.07) is 4.96. The summed E-state index contributed by atoms with van der Waals surface area (Å²) < 4.78 is 68.4. The van der Waals surface area contributed by atoms with Crippen molar-refractivity contribution in [1.82, 2.24) is 29.4 Å². The average molecular weight is 537 g/mol. The summed E-state index contributed by atoms with van der Waals surface area (Å²) in [4.78, 5) is 22.2. The van der Waals surface area contributed by atoms with Gasteiger partial charge in [0.15, 0.2) is 5.82 Å². The first kappa shape index (κ1) is 25.0. The Hall–Kier alpha value is -3.72. The molecule has 0 aliphatic carbocycles. The molecule has 0 saturated carbocycles. The van der Waals surface area contributed by atoms with Crippen LogP contribution in [0.4, 0.5) is 29.6 Å². The van der Waals surface area contributed by atoms with Crippen LogP contribution in [0.5, 0.6) is 0 Å². The number of urea groups is 1. The molecule has 1 unspecified atom stereocenters. The quantitative estimate of drug-likeness (QED) is 0.464. The molecule has 1 spiro atoms. The van der Waals surface area contributed by atoms with Gasteiger partial charge in [-0.2, -0.15) is 18.3 Å². The predicted octanol–water partition coefficient (Wildman–Crippen LogP) is 2.43. The molecule has 11 nitrogen and oxygen atoms in total. The van der Waals surface area contributed by atoms with E-state index in [1.54, 1.807) is 15.6 Å². The van der Waals surface area contributed by atoms with Gasteiger partial charge in [0.1, 0.15) is 10.7 Å². The molecule has 2 aliphatic heterocycles. The lowest BCUT2D eigenvalue weighted by Crippen LogP contribution is -2.37. The van der Waals surface area contributed by atoms with Crippen molar-refractivity contribution in [3.63, 3.8) is 0 Å². The summed E-state index contributed by atoms with van der Waals surface area (Å²) in [5, 5.41) is 7.07. The Morgan fingerprint density at radius 2 is 1.95 bits per heavy atom. The zero-order valence-electron chi connectivity index (χ0n) is 19.6. The van der Waals surface area contributed by atoms with Crippen molar-refractivity contribution in [2.45, 2.75) is 35.9 Å². The van der Waals surface area contributed by atoms with Crippen molar-refractivity contribution < 1.29 is 26.4 Å². The van der Waals surface area contributed by atoms with Crippen molar-refractivity contribution in [1.29, 1.82) is 0 Å². The van der Waals surface area contributed by atoms with E-state index >= 15 is 0 Å². The topological polar surface area (TPSA) is 148 Å². The maximum atomic E-state index is 13.3. The first-order valence-corrected chi connectivity index (χ1v) is 12.8. The number of rotatable bonds is 4. The number of anilines is 2. The second-order valence-electron chi connectivity index (χ2n) is 8.98. The SMILES string of the molecule is CNS(=O)(=O)c1cccnc1NC(=O)N1CCC2(CCn3nc(-c4cnc(N)c(C(F)(F)F)c4)cc32)C1. The number of aromatic nitrogens is 4. The van der Waals surface area contributed by atoms with E-state index in [1.807, 2.05) is 0 Å². The Morgan fingerprint density at radius 1 is 1.19 bits per heavy atom. The van der Waals surface area contributed by atoms with Gasteiger partial charge in [-0.1, -0.05) is 0 Å². The highest BCUT2D eigenvalue weighted by atomic mass is 32.2. The van der Waals surface area contributed by atoms with E-state index in [4.69, 9.17) is 5.73 Å². The molecule has 3 aromatic rings. The molecule has 1 saturated heterocycles. The van der Waals surface area contributed by atoms with Gasteiger partial charge in [0.2, 0.25) is 10.0 Å². The Kier molecular flexibility index (Phi) is 5.86. The van der Waals surface area contributed by atoms with Crippen molar-refractivity contribution in [2.24, 2.45) is 0 Å². The van der Waals surface area contributed by atoms with Gasteiger partial charge < -0.3 is 10.6 Å². The molecule has 5 rings (SSSR count). The number of nitrogens with one attached hydrogen (secondary N) is 2. The summed E-state index contributed by atoms with van der Waals surface area (Å²) in [6.45, 7) is 1.28. The Morgan fingerprint density at radius 3 is 2.68 bits per heavy atom. The maximum absolute atomic E-state index is 13.3. The van der Waals surface area contributed by atoms with Crippen LogP contribution >= 0.6 is 0 Å². The zero-order chi connectivity index (χ0) is 26.6. The number of nitrogens with two attached hydrogens (primary N) is 1. The normalized spacial score (nSPS) is 19.4. The molecule has 2 amide bonds. The summed E-state index contributed by atoms with van der Waals surface area (Å²) in [7, 11) is -2.58. The molecule has 5 heterocycles. The smallest absolute Gasteiger partial charge is 0.383 e. The minimum absolute atomic E-state index is 0.0853. The van der Waals surface area contributed by atoms with Gasteiger partial charge in [0.25, 0.3) is 0 Å². The van der Waals surface area contributed by atoms with Crippen molar-refractivity contribution in [2.75, 3.05) is 31.2 Å². The molecule has 4 N–H and O–H groups in total. The fourth-order valence-electron chi connectivity index (χ4n) is 4.90. The van der Waals surface area contributed by atoms with Crippen LogP contribution in [0.2, 0.25) is 0 Å². The zero-order valence-corrected chi connectivity index (χ0v) is 20.4. The van der Waals surface area contributed by atoms with E-state index in [9.17, 15) is 26.4 Å². The van der Waals surface area contributed by atoms with Gasteiger partial charge in [-0.3, -0.25) is 10.00 Å². The lowest BCUT2D eigenvalue weighted by Gasteiger charge is -2.23. The number of alkyl halides is 3. The van der Waals surface area contributed by atoms with Crippen LogP contribution in [0.1, 0.15) is 24.1 Å². The third-order valence-electron chi connectivity index (χ3n) is 6.84. The molecule has 37 heavy (non-hydrogen) atoms. The summed E-state index contributed by atoms with van der Waals surface area (Å²) in [5.74, 6) is -0.687. The third-order valence-corrected chi connectivity index (χ3v) is 8.29. The number of nitrogen functional groups attached to an aromatic ring is 1. The molecule has 1 fully saturated rings. The van der Waals surface area contributed by atoms with E-state index in [0.29, 0.717) is 38.2 Å². The number of sulfonamides is 1. The summed E-state index contributed by atoms with van der Waals surface area (Å²) >= 11 is 0. The third kappa shape index (κ3) is 4.37. The van der Waals surface area contributed by atoms with Gasteiger partial charge >= 0.3 is 12.2 Å². The number of halogens is 3. The number of nitrogens with zero attached hydrogens (tertiary/aromatic N) is 5. The summed E-state index contributed by atoms with van der Waals surface area (Å²) in [5.41, 5.74) is 5.32. The first-order chi connectivity index (χ1) is 17.4. The van der Waals surface area contributed by atoms with E-state index in [0.717, 1.165) is 11.8 Å². The van der Waals surface area contributed by atoms with Gasteiger partial charge in [0, 0.05) is 48.7 Å². The number of fused-ring (bicyclic) bond motifs is 2. The predicted molar refractivity (Wildman–Crippen MR) is 127 cm³/mol. The maximum Gasteiger partial charge on any atom is 0.419 e. The molecule has 15 heteroatoms. The molecule has 196 valence electrons. The fourth-order valence-corrected chi connectivity index (χ4v) is 5.73. The fraction of sp³-hybridized carbons (Fsp3) is 0.364. The average Bonchev–Trinajstić information content (AvgIpc) is 3.56. The first-order valence-electron chi connectivity index (χ1n) is 11.3. The molecular formula is C22H23F3N8O3S. The van der Waals surface area contributed by atoms with E-state index in [-0.39, 0.29) is 16.3 Å². The number of aryl methyl sites for hydroxylation is 1. The van der Waals surface area contributed by atoms with Crippen LogP contribution in [-0.2, 0) is 28.2 Å². The van der Waals surface area contributed by atoms with Crippen LogP contribution in [0, 0.1) is 0 Å². The second-order valence-corrected chi connectivity index (χ2v) is 10.8. The number of carbonyl (C=O) groups is 1. The lowest BCUT2D eigenvalue weighted by molar-refractivity contribution is -0.137. The number of likely N-dealkylation sites (tertiary alicyclic amines) is 1. The highest BCUT2D eigenvalue weighted by Gasteiger charge is 2.47. The number of pyridine rings is 2. The van der Waals surface area contributed by atoms with Crippen molar-refractivity contribution >= 4 is 27.7 Å². The lowest BCUT2D eigenvalue weighted by atomic mass is 9.82. The van der Waals surface area contributed by atoms with E-state index in [2.05, 4.69) is 25.1 Å². The molecule has 0 bridgehead atoms. The molecule has 0 radical (unpaired) electrons. The minimum atomic E-state index is -4.64. The minimum Gasteiger partial charge on any atom is -0.383 e. The van der Waals surface area contributed by atoms with Gasteiger partial charge in [-0.05, 0) is 44.2 Å². The molecule has 2 aliphatic rings. The Balaban J connectivity index is 1.37. The highest BCUT2D eigenvalue weighted by molar-refractivity contribution is 7.89. The highest BCUT2D eigenvalue weighted by Crippen LogP contribution is 2.44. The van der Waals surface area contributed by atoms with Crippen LogP contribution < -0.4 is 15.8 Å². The second kappa shape index (κ2) is 8.69. The largest absolute Gasteiger partial charge is 0.419 e. The number of hydrogen-bond acceptors (Lipinski definition) is 7. The molecule has 1 atom stereocenters. The van der Waals surface area contributed by atoms with Gasteiger partial charge in [-0.25, -0.2) is 27.9 Å². The van der Waals surface area contributed by atoms with Crippen LogP contribution in [0.25, 0.3) is 11.3 Å². The standard InChI is InChI=1S/C22H23F3N8O3S/c1-27-37(35,36)16-3-2-6-28-19(16)30-20(34)32-7-4-21(12-32)5-8-33-17(21)10-15(31-33)13-9-14(22(23,24)25)18(26)29-11-13/h2-3,6,9-11,27H,4-5,7-8,12H2,1H3,(H2,26,29)(H,28,30,34). The molecule has 3 aromatic heterocycles. The molecule has 0 aromatic carbocycles. The van der Waals surface area contributed by atoms with Crippen LogP contribution in [0.3, 0.4) is 0 Å². The van der Waals surface area contributed by atoms with Crippen LogP contribution in [-0.4, -0.2) is 59.2 Å². The Bertz CT molecular complexity index is 1490. The van der Waals surface area contributed by atoms with E-state index < -0.39 is 39.0 Å². The monoisotopic (exact) mass is 536 g/mol. The number of carbonyl (C=O) groups excluding carboxylic acids is 1. The number of amides is 2. The Labute approximate surface area is 209 Å². The van der Waals surface area contributed by atoms with Crippen molar-refractivity contribution in [3.8, 4) is 11.3 Å². The molecular weight excluding hydrogens is 513 g/mol.